The zero-order valence-electron chi connectivity index (χ0n) is 11.1. The molecule has 1 rings (SSSR count). The Morgan fingerprint density at radius 1 is 1.39 bits per heavy atom. The van der Waals surface area contributed by atoms with E-state index in [-0.39, 0.29) is 13.0 Å². The fourth-order valence-electron chi connectivity index (χ4n) is 1.92. The molecule has 0 spiro atoms. The van der Waals surface area contributed by atoms with Crippen LogP contribution in [0, 0.1) is 5.92 Å². The third kappa shape index (κ3) is 4.58. The number of alkyl halides is 2. The number of carbonyl (C=O) groups is 2. The molecule has 18 heavy (non-hydrogen) atoms. The fraction of sp³-hybridized carbons (Fsp3) is 0.833. The van der Waals surface area contributed by atoms with Crippen LogP contribution in [0.4, 0.5) is 13.6 Å². The van der Waals surface area contributed by atoms with Crippen LogP contribution in [0.15, 0.2) is 0 Å². The zero-order valence-corrected chi connectivity index (χ0v) is 11.1. The summed E-state index contributed by atoms with van der Waals surface area (Å²) in [5, 5.41) is 0. The minimum absolute atomic E-state index is 0.0111. The molecule has 1 unspecified atom stereocenters. The molecule has 1 heterocycles. The number of likely N-dealkylation sites (tertiary alicyclic amines) is 1. The molecule has 0 aromatic heterocycles. The van der Waals surface area contributed by atoms with Crippen molar-refractivity contribution in [2.45, 2.75) is 52.1 Å². The van der Waals surface area contributed by atoms with Crippen LogP contribution in [0.25, 0.3) is 0 Å². The summed E-state index contributed by atoms with van der Waals surface area (Å²) in [6.07, 6.45) is -1.17. The molecule has 104 valence electrons. The van der Waals surface area contributed by atoms with Gasteiger partial charge < -0.3 is 4.74 Å². The Balaban J connectivity index is 2.60. The summed E-state index contributed by atoms with van der Waals surface area (Å²) < 4.78 is 30.8. The second kappa shape index (κ2) is 4.82. The second-order valence-corrected chi connectivity index (χ2v) is 5.83. The summed E-state index contributed by atoms with van der Waals surface area (Å²) in [5.41, 5.74) is -0.704. The monoisotopic (exact) mass is 263 g/mol. The van der Waals surface area contributed by atoms with Gasteiger partial charge in [0.05, 0.1) is 0 Å². The molecular weight excluding hydrogens is 244 g/mol. The van der Waals surface area contributed by atoms with Crippen molar-refractivity contribution in [3.8, 4) is 0 Å². The van der Waals surface area contributed by atoms with Gasteiger partial charge in [-0.2, -0.15) is 0 Å². The Kier molecular flexibility index (Phi) is 3.98. The fourth-order valence-corrected chi connectivity index (χ4v) is 1.92. The Labute approximate surface area is 105 Å². The van der Waals surface area contributed by atoms with E-state index in [1.807, 2.05) is 0 Å². The number of hydrogen-bond acceptors (Lipinski definition) is 3. The Hall–Kier alpha value is -1.20. The molecule has 4 nitrogen and oxygen atoms in total. The summed E-state index contributed by atoms with van der Waals surface area (Å²) in [6.45, 7) is 5.88. The van der Waals surface area contributed by atoms with Crippen molar-refractivity contribution >= 4 is 12.0 Å². The lowest BCUT2D eigenvalue weighted by Gasteiger charge is -2.23. The van der Waals surface area contributed by atoms with Crippen molar-refractivity contribution in [1.29, 1.82) is 0 Å². The van der Waals surface area contributed by atoms with E-state index >= 15 is 0 Å². The van der Waals surface area contributed by atoms with Crippen molar-refractivity contribution in [1.82, 2.24) is 4.90 Å². The van der Waals surface area contributed by atoms with E-state index in [2.05, 4.69) is 0 Å². The van der Waals surface area contributed by atoms with Crippen LogP contribution in [-0.4, -0.2) is 35.0 Å². The first-order chi connectivity index (χ1) is 7.98. The molecule has 6 heteroatoms. The molecule has 0 N–H and O–H groups in total. The molecule has 0 bridgehead atoms. The smallest absolute Gasteiger partial charge is 0.417 e. The summed E-state index contributed by atoms with van der Waals surface area (Å²) in [6, 6.07) is 0. The predicted molar refractivity (Wildman–Crippen MR) is 61.3 cm³/mol. The number of halogens is 2. The summed E-state index contributed by atoms with van der Waals surface area (Å²) >= 11 is 0. The van der Waals surface area contributed by atoms with Gasteiger partial charge in [0.1, 0.15) is 5.60 Å². The van der Waals surface area contributed by atoms with E-state index in [4.69, 9.17) is 4.74 Å². The van der Waals surface area contributed by atoms with Gasteiger partial charge in [-0.3, -0.25) is 4.79 Å². The van der Waals surface area contributed by atoms with Gasteiger partial charge in [0.2, 0.25) is 11.8 Å². The van der Waals surface area contributed by atoms with Crippen LogP contribution >= 0.6 is 0 Å². The van der Waals surface area contributed by atoms with Gasteiger partial charge >= 0.3 is 6.09 Å². The van der Waals surface area contributed by atoms with Crippen LogP contribution in [0.2, 0.25) is 0 Å². The predicted octanol–water partition coefficient (Wildman–Crippen LogP) is 2.82. The molecule has 1 fully saturated rings. The Bertz CT molecular complexity index is 344. The van der Waals surface area contributed by atoms with E-state index in [0.29, 0.717) is 0 Å². The number of hydrogen-bond donors (Lipinski definition) is 0. The first-order valence-electron chi connectivity index (χ1n) is 5.89. The van der Waals surface area contributed by atoms with Gasteiger partial charge in [0, 0.05) is 19.4 Å². The Morgan fingerprint density at radius 3 is 2.39 bits per heavy atom. The molecule has 2 amide bonds. The maximum absolute atomic E-state index is 12.9. The average Bonchev–Trinajstić information content (AvgIpc) is 2.39. The quantitative estimate of drug-likeness (QED) is 0.769. The number of carbonyl (C=O) groups excluding carboxylic acids is 2. The SMILES string of the molecule is CC(F)(F)CC1CC(=O)N(C(=O)OC(C)(C)C)C1. The molecule has 1 saturated heterocycles. The van der Waals surface area contributed by atoms with Gasteiger partial charge in [-0.05, 0) is 33.6 Å². The van der Waals surface area contributed by atoms with Gasteiger partial charge in [-0.25, -0.2) is 18.5 Å². The van der Waals surface area contributed by atoms with E-state index in [0.717, 1.165) is 11.8 Å². The zero-order chi connectivity index (χ0) is 14.1. The highest BCUT2D eigenvalue weighted by molar-refractivity contribution is 5.93. The summed E-state index contributed by atoms with van der Waals surface area (Å²) in [4.78, 5) is 24.2. The third-order valence-corrected chi connectivity index (χ3v) is 2.47. The van der Waals surface area contributed by atoms with Crippen LogP contribution in [0.1, 0.15) is 40.5 Å². The molecule has 0 saturated carbocycles. The van der Waals surface area contributed by atoms with Crippen molar-refractivity contribution in [2.75, 3.05) is 6.54 Å². The number of rotatable bonds is 2. The van der Waals surface area contributed by atoms with Crippen LogP contribution in [-0.2, 0) is 9.53 Å². The summed E-state index contributed by atoms with van der Waals surface area (Å²) in [5.74, 6) is -3.77. The van der Waals surface area contributed by atoms with Gasteiger partial charge in [-0.1, -0.05) is 0 Å². The van der Waals surface area contributed by atoms with Gasteiger partial charge in [0.15, 0.2) is 0 Å². The second-order valence-electron chi connectivity index (χ2n) is 5.83. The molecule has 1 aliphatic rings. The van der Waals surface area contributed by atoms with Gasteiger partial charge in [-0.15, -0.1) is 0 Å². The number of imide groups is 1. The van der Waals surface area contributed by atoms with E-state index in [9.17, 15) is 18.4 Å². The maximum atomic E-state index is 12.9. The maximum Gasteiger partial charge on any atom is 0.417 e. The highest BCUT2D eigenvalue weighted by Gasteiger charge is 2.39. The number of nitrogens with zero attached hydrogens (tertiary/aromatic N) is 1. The lowest BCUT2D eigenvalue weighted by atomic mass is 10.0. The topological polar surface area (TPSA) is 46.6 Å². The molecule has 1 atom stereocenters. The largest absolute Gasteiger partial charge is 0.443 e. The Morgan fingerprint density at radius 2 is 1.94 bits per heavy atom. The van der Waals surface area contributed by atoms with Crippen LogP contribution < -0.4 is 0 Å². The van der Waals surface area contributed by atoms with E-state index in [1.165, 1.54) is 0 Å². The molecule has 0 aromatic carbocycles. The minimum Gasteiger partial charge on any atom is -0.443 e. The molecule has 0 radical (unpaired) electrons. The molecule has 1 aliphatic heterocycles. The van der Waals surface area contributed by atoms with E-state index in [1.54, 1.807) is 20.8 Å². The van der Waals surface area contributed by atoms with Crippen LogP contribution in [0.3, 0.4) is 0 Å². The van der Waals surface area contributed by atoms with Crippen molar-refractivity contribution in [3.05, 3.63) is 0 Å². The van der Waals surface area contributed by atoms with Crippen molar-refractivity contribution < 1.29 is 23.1 Å². The summed E-state index contributed by atoms with van der Waals surface area (Å²) in [7, 11) is 0. The lowest BCUT2D eigenvalue weighted by molar-refractivity contribution is -0.127. The van der Waals surface area contributed by atoms with Gasteiger partial charge in [0.25, 0.3) is 0 Å². The standard InChI is InChI=1S/C12H19F2NO3/c1-11(2,3)18-10(17)15-7-8(5-9(15)16)6-12(4,13)14/h8H,5-7H2,1-4H3. The van der Waals surface area contributed by atoms with E-state index < -0.39 is 35.9 Å². The first kappa shape index (κ1) is 14.9. The lowest BCUT2D eigenvalue weighted by Crippen LogP contribution is -2.37. The highest BCUT2D eigenvalue weighted by atomic mass is 19.3. The molecule has 0 aliphatic carbocycles. The normalized spacial score (nSPS) is 21.3. The third-order valence-electron chi connectivity index (χ3n) is 2.47. The van der Waals surface area contributed by atoms with Crippen LogP contribution in [0.5, 0.6) is 0 Å². The minimum atomic E-state index is -2.82. The first-order valence-corrected chi connectivity index (χ1v) is 5.89. The average molecular weight is 263 g/mol. The molecular formula is C12H19F2NO3. The molecule has 0 aromatic rings. The van der Waals surface area contributed by atoms with Crippen molar-refractivity contribution in [3.63, 3.8) is 0 Å². The highest BCUT2D eigenvalue weighted by Crippen LogP contribution is 2.30. The number of ether oxygens (including phenoxy) is 1. The van der Waals surface area contributed by atoms with Crippen molar-refractivity contribution in [2.24, 2.45) is 5.92 Å². The number of amides is 2.